The molecule has 2 atom stereocenters. The van der Waals surface area contributed by atoms with Gasteiger partial charge in [0.1, 0.15) is 0 Å². The monoisotopic (exact) mass is 479 g/mol. The SMILES string of the molecule is CC1CN(c2ccc(Nc3ncc4c(n3)N(C3CCCC3)C(=O)CN4C)cc2)CC(C)N1CCO. The maximum Gasteiger partial charge on any atom is 0.247 e. The van der Waals surface area contributed by atoms with E-state index in [9.17, 15) is 9.90 Å². The summed E-state index contributed by atoms with van der Waals surface area (Å²) in [6, 6.07) is 9.37. The quantitative estimate of drug-likeness (QED) is 0.654. The third-order valence-electron chi connectivity index (χ3n) is 7.67. The van der Waals surface area contributed by atoms with Gasteiger partial charge < -0.3 is 20.2 Å². The molecule has 2 aliphatic heterocycles. The predicted molar refractivity (Wildman–Crippen MR) is 140 cm³/mol. The molecule has 0 spiro atoms. The van der Waals surface area contributed by atoms with Crippen LogP contribution < -0.4 is 20.0 Å². The summed E-state index contributed by atoms with van der Waals surface area (Å²) in [6.07, 6.45) is 6.22. The second-order valence-corrected chi connectivity index (χ2v) is 10.2. The third kappa shape index (κ3) is 4.79. The van der Waals surface area contributed by atoms with E-state index in [1.807, 2.05) is 23.0 Å². The highest BCUT2D eigenvalue weighted by Crippen LogP contribution is 2.37. The molecule has 1 amide bonds. The molecule has 1 aromatic carbocycles. The van der Waals surface area contributed by atoms with Crippen molar-refractivity contribution in [1.82, 2.24) is 14.9 Å². The van der Waals surface area contributed by atoms with E-state index in [0.29, 0.717) is 30.4 Å². The van der Waals surface area contributed by atoms with Crippen LogP contribution in [0.1, 0.15) is 39.5 Å². The van der Waals surface area contributed by atoms with Gasteiger partial charge in [-0.3, -0.25) is 14.6 Å². The van der Waals surface area contributed by atoms with Gasteiger partial charge in [0.2, 0.25) is 11.9 Å². The molecule has 1 aliphatic carbocycles. The van der Waals surface area contributed by atoms with E-state index < -0.39 is 0 Å². The molecule has 1 saturated heterocycles. The summed E-state index contributed by atoms with van der Waals surface area (Å²) in [5.74, 6) is 1.33. The first-order valence-corrected chi connectivity index (χ1v) is 12.8. The van der Waals surface area contributed by atoms with Gasteiger partial charge in [0.05, 0.1) is 25.0 Å². The molecule has 3 aliphatic rings. The van der Waals surface area contributed by atoms with Gasteiger partial charge >= 0.3 is 0 Å². The lowest BCUT2D eigenvalue weighted by Crippen LogP contribution is -2.57. The predicted octanol–water partition coefficient (Wildman–Crippen LogP) is 2.84. The number of β-amino-alcohol motifs (C(OH)–C–C–N with tert-alkyl or cyclic N) is 1. The average molecular weight is 480 g/mol. The summed E-state index contributed by atoms with van der Waals surface area (Å²) in [5, 5.41) is 12.7. The second kappa shape index (κ2) is 9.99. The minimum absolute atomic E-state index is 0.114. The minimum atomic E-state index is 0.114. The first-order chi connectivity index (χ1) is 16.9. The minimum Gasteiger partial charge on any atom is -0.395 e. The Morgan fingerprint density at radius 3 is 2.43 bits per heavy atom. The van der Waals surface area contributed by atoms with Gasteiger partial charge in [0, 0.05) is 56.2 Å². The molecule has 1 saturated carbocycles. The fraction of sp³-hybridized carbons (Fsp3) is 0.577. The smallest absolute Gasteiger partial charge is 0.247 e. The molecule has 9 nitrogen and oxygen atoms in total. The van der Waals surface area contributed by atoms with Gasteiger partial charge in [-0.15, -0.1) is 0 Å². The number of piperazine rings is 1. The number of likely N-dealkylation sites (N-methyl/N-ethyl adjacent to an activating group) is 1. The van der Waals surface area contributed by atoms with Crippen LogP contribution in [0, 0.1) is 0 Å². The molecule has 9 heteroatoms. The van der Waals surface area contributed by atoms with E-state index in [4.69, 9.17) is 4.98 Å². The first kappa shape index (κ1) is 23.8. The summed E-state index contributed by atoms with van der Waals surface area (Å²) in [7, 11) is 1.92. The van der Waals surface area contributed by atoms with Crippen molar-refractivity contribution in [2.75, 3.05) is 59.9 Å². The Hall–Kier alpha value is -2.91. The molecule has 188 valence electrons. The van der Waals surface area contributed by atoms with Crippen molar-refractivity contribution in [1.29, 1.82) is 0 Å². The Balaban J connectivity index is 1.31. The number of aliphatic hydroxyl groups excluding tert-OH is 1. The molecule has 2 fully saturated rings. The van der Waals surface area contributed by atoms with Crippen molar-refractivity contribution < 1.29 is 9.90 Å². The maximum absolute atomic E-state index is 12.9. The van der Waals surface area contributed by atoms with E-state index in [0.717, 1.165) is 56.7 Å². The van der Waals surface area contributed by atoms with Crippen molar-refractivity contribution in [3.8, 4) is 0 Å². The van der Waals surface area contributed by atoms with Crippen molar-refractivity contribution in [2.24, 2.45) is 0 Å². The molecule has 2 unspecified atom stereocenters. The molecule has 5 rings (SSSR count). The highest BCUT2D eigenvalue weighted by molar-refractivity contribution is 6.02. The highest BCUT2D eigenvalue weighted by atomic mass is 16.3. The Morgan fingerprint density at radius 1 is 1.09 bits per heavy atom. The van der Waals surface area contributed by atoms with Crippen LogP contribution in [0.5, 0.6) is 0 Å². The molecular weight excluding hydrogens is 442 g/mol. The molecular formula is C26H37N7O2. The average Bonchev–Trinajstić information content (AvgIpc) is 3.36. The zero-order chi connectivity index (χ0) is 24.5. The first-order valence-electron chi connectivity index (χ1n) is 12.8. The number of carbonyl (C=O) groups excluding carboxylic acids is 1. The molecule has 2 aromatic rings. The van der Waals surface area contributed by atoms with E-state index in [-0.39, 0.29) is 18.6 Å². The van der Waals surface area contributed by atoms with Crippen molar-refractivity contribution in [2.45, 2.75) is 57.7 Å². The third-order valence-corrected chi connectivity index (χ3v) is 7.67. The van der Waals surface area contributed by atoms with Crippen LogP contribution in [0.2, 0.25) is 0 Å². The lowest BCUT2D eigenvalue weighted by atomic mass is 10.1. The van der Waals surface area contributed by atoms with Crippen molar-refractivity contribution >= 4 is 34.7 Å². The normalized spacial score (nSPS) is 23.7. The van der Waals surface area contributed by atoms with Crippen molar-refractivity contribution in [3.05, 3.63) is 30.5 Å². The molecule has 0 bridgehead atoms. The van der Waals surface area contributed by atoms with Gasteiger partial charge in [-0.2, -0.15) is 4.98 Å². The number of aliphatic hydroxyl groups is 1. The molecule has 35 heavy (non-hydrogen) atoms. The highest BCUT2D eigenvalue weighted by Gasteiger charge is 2.36. The van der Waals surface area contributed by atoms with E-state index >= 15 is 0 Å². The number of nitrogens with zero attached hydrogens (tertiary/aromatic N) is 6. The second-order valence-electron chi connectivity index (χ2n) is 10.2. The Bertz CT molecular complexity index is 1030. The standard InChI is InChI=1S/C26H37N7O2/c1-18-15-31(16-19(2)32(18)12-13-34)21-10-8-20(9-11-21)28-26-27-14-23-25(29-26)33(22-6-4-5-7-22)24(35)17-30(23)3/h8-11,14,18-19,22,34H,4-7,12-13,15-17H2,1-3H3,(H,27,28,29). The van der Waals surface area contributed by atoms with E-state index in [1.165, 1.54) is 5.69 Å². The summed E-state index contributed by atoms with van der Waals surface area (Å²) in [5.41, 5.74) is 3.00. The number of hydrogen-bond acceptors (Lipinski definition) is 8. The summed E-state index contributed by atoms with van der Waals surface area (Å²) in [4.78, 5) is 30.9. The maximum atomic E-state index is 12.9. The van der Waals surface area contributed by atoms with Crippen LogP contribution in [0.15, 0.2) is 30.5 Å². The number of anilines is 5. The van der Waals surface area contributed by atoms with Gasteiger partial charge in [0.25, 0.3) is 0 Å². The topological polar surface area (TPSA) is 88.1 Å². The lowest BCUT2D eigenvalue weighted by molar-refractivity contribution is -0.118. The summed E-state index contributed by atoms with van der Waals surface area (Å²) >= 11 is 0. The number of fused-ring (bicyclic) bond motifs is 1. The van der Waals surface area contributed by atoms with Gasteiger partial charge in [0.15, 0.2) is 5.82 Å². The fourth-order valence-electron chi connectivity index (χ4n) is 5.90. The molecule has 0 radical (unpaired) electrons. The van der Waals surface area contributed by atoms with Gasteiger partial charge in [-0.1, -0.05) is 12.8 Å². The van der Waals surface area contributed by atoms with Crippen LogP contribution in [-0.4, -0.2) is 83.8 Å². The van der Waals surface area contributed by atoms with E-state index in [2.05, 4.69) is 58.2 Å². The Morgan fingerprint density at radius 2 is 1.77 bits per heavy atom. The van der Waals surface area contributed by atoms with Crippen LogP contribution in [0.4, 0.5) is 28.8 Å². The number of amides is 1. The van der Waals surface area contributed by atoms with E-state index in [1.54, 1.807) is 0 Å². The summed E-state index contributed by atoms with van der Waals surface area (Å²) in [6.45, 7) is 7.60. The molecule has 1 aromatic heterocycles. The summed E-state index contributed by atoms with van der Waals surface area (Å²) < 4.78 is 0. The largest absolute Gasteiger partial charge is 0.395 e. The zero-order valence-corrected chi connectivity index (χ0v) is 21.0. The number of nitrogens with one attached hydrogen (secondary N) is 1. The van der Waals surface area contributed by atoms with Gasteiger partial charge in [-0.25, -0.2) is 4.98 Å². The number of aromatic nitrogens is 2. The Labute approximate surface area is 207 Å². The van der Waals surface area contributed by atoms with Gasteiger partial charge in [-0.05, 0) is 51.0 Å². The van der Waals surface area contributed by atoms with Crippen LogP contribution >= 0.6 is 0 Å². The number of hydrogen-bond donors (Lipinski definition) is 2. The Kier molecular flexibility index (Phi) is 6.80. The van der Waals surface area contributed by atoms with Crippen LogP contribution in [0.25, 0.3) is 0 Å². The van der Waals surface area contributed by atoms with Crippen LogP contribution in [0.3, 0.4) is 0 Å². The lowest BCUT2D eigenvalue weighted by Gasteiger charge is -2.45. The number of carbonyl (C=O) groups is 1. The fourth-order valence-corrected chi connectivity index (χ4v) is 5.90. The molecule has 3 heterocycles. The number of benzene rings is 1. The zero-order valence-electron chi connectivity index (χ0n) is 21.0. The molecule has 2 N–H and O–H groups in total. The van der Waals surface area contributed by atoms with Crippen molar-refractivity contribution in [3.63, 3.8) is 0 Å². The number of rotatable bonds is 6. The van der Waals surface area contributed by atoms with Crippen LogP contribution in [-0.2, 0) is 4.79 Å².